The molecule has 0 aromatic carbocycles. The van der Waals surface area contributed by atoms with Crippen LogP contribution >= 0.6 is 0 Å². The predicted molar refractivity (Wildman–Crippen MR) is 86.3 cm³/mol. The van der Waals surface area contributed by atoms with E-state index in [1.54, 1.807) is 8.61 Å². The first-order valence-electron chi connectivity index (χ1n) is 8.42. The molecule has 2 aliphatic rings. The maximum atomic E-state index is 13.0. The Morgan fingerprint density at radius 3 is 2.57 bits per heavy atom. The Bertz CT molecular complexity index is 421. The smallest absolute Gasteiger partial charge is 0.282 e. The Labute approximate surface area is 130 Å². The first kappa shape index (κ1) is 17.2. The van der Waals surface area contributed by atoms with Gasteiger partial charge in [0.25, 0.3) is 10.2 Å². The van der Waals surface area contributed by atoms with Crippen molar-refractivity contribution in [1.29, 1.82) is 0 Å². The maximum Gasteiger partial charge on any atom is 0.282 e. The molecule has 0 aromatic heterocycles. The van der Waals surface area contributed by atoms with Crippen LogP contribution in [0.15, 0.2) is 0 Å². The Morgan fingerprint density at radius 1 is 1.29 bits per heavy atom. The van der Waals surface area contributed by atoms with Gasteiger partial charge in [-0.15, -0.1) is 0 Å². The van der Waals surface area contributed by atoms with Crippen molar-refractivity contribution in [3.05, 3.63) is 0 Å². The highest BCUT2D eigenvalue weighted by Crippen LogP contribution is 2.32. The highest BCUT2D eigenvalue weighted by atomic mass is 32.2. The van der Waals surface area contributed by atoms with Crippen molar-refractivity contribution in [1.82, 2.24) is 13.9 Å². The molecule has 1 N–H and O–H groups in total. The second kappa shape index (κ2) is 7.40. The van der Waals surface area contributed by atoms with E-state index in [1.165, 1.54) is 0 Å². The standard InChI is InChI=1S/C15H31N3O2S/c1-4-16-10-14-6-5-9-17(12-14)21(19,20)18(11-13(2)3)15-7-8-15/h13-16H,4-12H2,1-3H3. The molecule has 1 saturated carbocycles. The van der Waals surface area contributed by atoms with Crippen LogP contribution in [0, 0.1) is 11.8 Å². The minimum Gasteiger partial charge on any atom is -0.317 e. The van der Waals surface area contributed by atoms with Crippen LogP contribution < -0.4 is 5.32 Å². The van der Waals surface area contributed by atoms with Crippen LogP contribution in [0.25, 0.3) is 0 Å². The van der Waals surface area contributed by atoms with Gasteiger partial charge in [0.05, 0.1) is 0 Å². The molecule has 0 spiro atoms. The van der Waals surface area contributed by atoms with Gasteiger partial charge in [0.2, 0.25) is 0 Å². The fraction of sp³-hybridized carbons (Fsp3) is 1.00. The highest BCUT2D eigenvalue weighted by molar-refractivity contribution is 7.86. The quantitative estimate of drug-likeness (QED) is 0.741. The monoisotopic (exact) mass is 317 g/mol. The molecule has 21 heavy (non-hydrogen) atoms. The van der Waals surface area contributed by atoms with E-state index in [0.717, 1.165) is 38.8 Å². The molecule has 0 radical (unpaired) electrons. The van der Waals surface area contributed by atoms with Crippen molar-refractivity contribution in [2.24, 2.45) is 11.8 Å². The average molecular weight is 317 g/mol. The minimum absolute atomic E-state index is 0.256. The van der Waals surface area contributed by atoms with Crippen molar-refractivity contribution >= 4 is 10.2 Å². The number of piperidine rings is 1. The Morgan fingerprint density at radius 2 is 2.00 bits per heavy atom. The molecule has 0 bridgehead atoms. The lowest BCUT2D eigenvalue weighted by atomic mass is 10.00. The Balaban J connectivity index is 2.02. The molecule has 5 nitrogen and oxygen atoms in total. The van der Waals surface area contributed by atoms with Gasteiger partial charge in [0.1, 0.15) is 0 Å². The van der Waals surface area contributed by atoms with Crippen LogP contribution in [0.4, 0.5) is 0 Å². The van der Waals surface area contributed by atoms with Gasteiger partial charge in [-0.1, -0.05) is 20.8 Å². The molecule has 0 aromatic rings. The molecule has 1 atom stereocenters. The maximum absolute atomic E-state index is 13.0. The lowest BCUT2D eigenvalue weighted by molar-refractivity contribution is 0.236. The molecule has 6 heteroatoms. The van der Waals surface area contributed by atoms with E-state index in [-0.39, 0.29) is 6.04 Å². The number of rotatable bonds is 8. The van der Waals surface area contributed by atoms with Gasteiger partial charge in [0.15, 0.2) is 0 Å². The first-order valence-corrected chi connectivity index (χ1v) is 9.82. The van der Waals surface area contributed by atoms with Crippen LogP contribution in [0.3, 0.4) is 0 Å². The van der Waals surface area contributed by atoms with E-state index in [0.29, 0.717) is 31.5 Å². The second-order valence-electron chi connectivity index (χ2n) is 6.88. The van der Waals surface area contributed by atoms with Gasteiger partial charge in [-0.3, -0.25) is 0 Å². The van der Waals surface area contributed by atoms with Crippen molar-refractivity contribution < 1.29 is 8.42 Å². The van der Waals surface area contributed by atoms with Crippen LogP contribution in [-0.2, 0) is 10.2 Å². The van der Waals surface area contributed by atoms with Crippen molar-refractivity contribution in [3.63, 3.8) is 0 Å². The minimum atomic E-state index is -3.28. The summed E-state index contributed by atoms with van der Waals surface area (Å²) in [6.07, 6.45) is 4.17. The lowest BCUT2D eigenvalue weighted by Gasteiger charge is -2.36. The fourth-order valence-corrected chi connectivity index (χ4v) is 5.18. The molecule has 2 rings (SSSR count). The third-order valence-electron chi connectivity index (χ3n) is 4.29. The summed E-state index contributed by atoms with van der Waals surface area (Å²) in [5.41, 5.74) is 0. The Hall–Kier alpha value is -0.170. The number of nitrogens with zero attached hydrogens (tertiary/aromatic N) is 2. The summed E-state index contributed by atoms with van der Waals surface area (Å²) >= 11 is 0. The average Bonchev–Trinajstić information content (AvgIpc) is 3.27. The molecule has 1 aliphatic heterocycles. The van der Waals surface area contributed by atoms with Gasteiger partial charge in [0, 0.05) is 25.7 Å². The van der Waals surface area contributed by atoms with E-state index >= 15 is 0 Å². The SMILES string of the molecule is CCNCC1CCCN(S(=O)(=O)N(CC(C)C)C2CC2)C1. The van der Waals surface area contributed by atoms with Gasteiger partial charge in [-0.25, -0.2) is 0 Å². The van der Waals surface area contributed by atoms with Crippen LogP contribution in [0.5, 0.6) is 0 Å². The second-order valence-corrected chi connectivity index (χ2v) is 8.76. The normalized spacial score (nSPS) is 24.9. The summed E-state index contributed by atoms with van der Waals surface area (Å²) in [5.74, 6) is 0.830. The highest BCUT2D eigenvalue weighted by Gasteiger charge is 2.41. The summed E-state index contributed by atoms with van der Waals surface area (Å²) in [7, 11) is -3.28. The van der Waals surface area contributed by atoms with Gasteiger partial charge in [-0.2, -0.15) is 17.0 Å². The van der Waals surface area contributed by atoms with Crippen LogP contribution in [0.1, 0.15) is 46.5 Å². The van der Waals surface area contributed by atoms with Crippen LogP contribution in [0.2, 0.25) is 0 Å². The zero-order valence-corrected chi connectivity index (χ0v) is 14.5. The van der Waals surface area contributed by atoms with E-state index in [4.69, 9.17) is 0 Å². The topological polar surface area (TPSA) is 52.7 Å². The third-order valence-corrected chi connectivity index (χ3v) is 6.31. The van der Waals surface area contributed by atoms with Crippen LogP contribution in [-0.4, -0.2) is 55.8 Å². The zero-order chi connectivity index (χ0) is 15.5. The summed E-state index contributed by atoms with van der Waals surface area (Å²) in [6, 6.07) is 0.256. The number of hydrogen-bond donors (Lipinski definition) is 1. The molecule has 1 heterocycles. The van der Waals surface area contributed by atoms with Crippen molar-refractivity contribution in [2.75, 3.05) is 32.7 Å². The molecule has 1 unspecified atom stereocenters. The zero-order valence-electron chi connectivity index (χ0n) is 13.7. The van der Waals surface area contributed by atoms with E-state index in [1.807, 2.05) is 0 Å². The van der Waals surface area contributed by atoms with Crippen molar-refractivity contribution in [3.8, 4) is 0 Å². The molecule has 1 aliphatic carbocycles. The van der Waals surface area contributed by atoms with Crippen molar-refractivity contribution in [2.45, 2.75) is 52.5 Å². The summed E-state index contributed by atoms with van der Waals surface area (Å²) < 4.78 is 29.4. The predicted octanol–water partition coefficient (Wildman–Crippen LogP) is 1.67. The van der Waals surface area contributed by atoms with E-state index < -0.39 is 10.2 Å². The molecule has 2 fully saturated rings. The first-order chi connectivity index (χ1) is 9.95. The number of hydrogen-bond acceptors (Lipinski definition) is 3. The lowest BCUT2D eigenvalue weighted by Crippen LogP contribution is -2.50. The summed E-state index contributed by atoms with van der Waals surface area (Å²) in [5, 5.41) is 3.35. The molecular weight excluding hydrogens is 286 g/mol. The number of nitrogens with one attached hydrogen (secondary N) is 1. The van der Waals surface area contributed by atoms with E-state index in [2.05, 4.69) is 26.1 Å². The largest absolute Gasteiger partial charge is 0.317 e. The van der Waals surface area contributed by atoms with Gasteiger partial charge >= 0.3 is 0 Å². The summed E-state index contributed by atoms with van der Waals surface area (Å²) in [6.45, 7) is 10.2. The van der Waals surface area contributed by atoms with Gasteiger partial charge in [-0.05, 0) is 50.6 Å². The molecule has 124 valence electrons. The molecule has 1 saturated heterocycles. The van der Waals surface area contributed by atoms with E-state index in [9.17, 15) is 8.42 Å². The summed E-state index contributed by atoms with van der Waals surface area (Å²) in [4.78, 5) is 0. The van der Waals surface area contributed by atoms with Gasteiger partial charge < -0.3 is 5.32 Å². The fourth-order valence-electron chi connectivity index (χ4n) is 3.05. The molecule has 0 amide bonds. The third kappa shape index (κ3) is 4.65. The molecular formula is C15H31N3O2S. The Kier molecular flexibility index (Phi) is 6.05.